The van der Waals surface area contributed by atoms with Crippen molar-refractivity contribution in [2.45, 2.75) is 52.0 Å². The molecule has 1 fully saturated rings. The number of hydrogen-bond donors (Lipinski definition) is 2. The minimum Gasteiger partial charge on any atom is -0.352 e. The molecule has 0 heterocycles. The Morgan fingerprint density at radius 2 is 1.75 bits per heavy atom. The fraction of sp³-hybridized carbons (Fsp3) is 0.588. The molecule has 0 aromatic heterocycles. The predicted octanol–water partition coefficient (Wildman–Crippen LogP) is 2.77. The van der Waals surface area contributed by atoms with Gasteiger partial charge in [-0.2, -0.15) is 0 Å². The van der Waals surface area contributed by atoms with Crippen LogP contribution < -0.4 is 11.1 Å². The molecule has 20 heavy (non-hydrogen) atoms. The van der Waals surface area contributed by atoms with Crippen LogP contribution in [0.15, 0.2) is 24.3 Å². The maximum absolute atomic E-state index is 12.3. The highest BCUT2D eigenvalue weighted by Crippen LogP contribution is 2.35. The summed E-state index contributed by atoms with van der Waals surface area (Å²) in [7, 11) is 0. The number of carbonyl (C=O) groups is 1. The van der Waals surface area contributed by atoms with Gasteiger partial charge < -0.3 is 11.1 Å². The Bertz CT molecular complexity index is 433. The number of carbonyl (C=O) groups excluding carboxylic acids is 1. The van der Waals surface area contributed by atoms with Crippen LogP contribution in [0.5, 0.6) is 0 Å². The Hall–Kier alpha value is -1.35. The van der Waals surface area contributed by atoms with Crippen LogP contribution in [0.3, 0.4) is 0 Å². The monoisotopic (exact) mass is 274 g/mol. The zero-order valence-electron chi connectivity index (χ0n) is 12.5. The van der Waals surface area contributed by atoms with Gasteiger partial charge in [-0.15, -0.1) is 0 Å². The van der Waals surface area contributed by atoms with E-state index < -0.39 is 0 Å². The van der Waals surface area contributed by atoms with Crippen LogP contribution in [0, 0.1) is 5.41 Å². The lowest BCUT2D eigenvalue weighted by molar-refractivity contribution is -0.132. The van der Waals surface area contributed by atoms with Gasteiger partial charge in [0.25, 0.3) is 0 Å². The van der Waals surface area contributed by atoms with Crippen molar-refractivity contribution >= 4 is 5.91 Å². The van der Waals surface area contributed by atoms with Crippen LogP contribution in [0.2, 0.25) is 0 Å². The SMILES string of the molecule is CC1(C(=O)NCc2ccc(CCN)cc2)CCCCC1. The average molecular weight is 274 g/mol. The highest BCUT2D eigenvalue weighted by Gasteiger charge is 2.34. The lowest BCUT2D eigenvalue weighted by atomic mass is 9.75. The number of nitrogens with one attached hydrogen (secondary N) is 1. The summed E-state index contributed by atoms with van der Waals surface area (Å²) in [6.07, 6.45) is 6.58. The molecule has 0 spiro atoms. The smallest absolute Gasteiger partial charge is 0.226 e. The van der Waals surface area contributed by atoms with Crippen molar-refractivity contribution in [2.24, 2.45) is 11.1 Å². The van der Waals surface area contributed by atoms with Gasteiger partial charge in [0, 0.05) is 12.0 Å². The summed E-state index contributed by atoms with van der Waals surface area (Å²) < 4.78 is 0. The molecule has 1 aliphatic carbocycles. The van der Waals surface area contributed by atoms with Crippen molar-refractivity contribution in [2.75, 3.05) is 6.54 Å². The Kier molecular flexibility index (Phi) is 5.18. The third-order valence-corrected chi connectivity index (χ3v) is 4.41. The van der Waals surface area contributed by atoms with Crippen LogP contribution in [0.1, 0.15) is 50.2 Å². The van der Waals surface area contributed by atoms with Gasteiger partial charge in [-0.1, -0.05) is 50.5 Å². The van der Waals surface area contributed by atoms with Gasteiger partial charge in [0.15, 0.2) is 0 Å². The number of amides is 1. The van der Waals surface area contributed by atoms with Gasteiger partial charge in [0.1, 0.15) is 0 Å². The summed E-state index contributed by atoms with van der Waals surface area (Å²) in [5.74, 6) is 0.211. The molecule has 1 aromatic rings. The van der Waals surface area contributed by atoms with Crippen molar-refractivity contribution in [3.8, 4) is 0 Å². The Morgan fingerprint density at radius 1 is 1.15 bits per heavy atom. The van der Waals surface area contributed by atoms with Crippen molar-refractivity contribution in [1.82, 2.24) is 5.32 Å². The summed E-state index contributed by atoms with van der Waals surface area (Å²) in [6.45, 7) is 3.40. The average Bonchev–Trinajstić information content (AvgIpc) is 2.47. The number of rotatable bonds is 5. The minimum absolute atomic E-state index is 0.155. The molecule has 1 aromatic carbocycles. The normalized spacial score (nSPS) is 17.7. The van der Waals surface area contributed by atoms with Crippen molar-refractivity contribution in [3.63, 3.8) is 0 Å². The van der Waals surface area contributed by atoms with Crippen molar-refractivity contribution in [3.05, 3.63) is 35.4 Å². The molecule has 2 rings (SSSR count). The van der Waals surface area contributed by atoms with Crippen LogP contribution in [0.4, 0.5) is 0 Å². The summed E-state index contributed by atoms with van der Waals surface area (Å²) in [4.78, 5) is 12.3. The third-order valence-electron chi connectivity index (χ3n) is 4.41. The van der Waals surface area contributed by atoms with E-state index in [4.69, 9.17) is 5.73 Å². The fourth-order valence-corrected chi connectivity index (χ4v) is 2.95. The van der Waals surface area contributed by atoms with E-state index in [0.29, 0.717) is 13.1 Å². The summed E-state index contributed by atoms with van der Waals surface area (Å²) >= 11 is 0. The molecule has 1 aliphatic rings. The zero-order chi connectivity index (χ0) is 14.4. The largest absolute Gasteiger partial charge is 0.352 e. The van der Waals surface area contributed by atoms with Crippen molar-refractivity contribution < 1.29 is 4.79 Å². The highest BCUT2D eigenvalue weighted by atomic mass is 16.2. The van der Waals surface area contributed by atoms with E-state index >= 15 is 0 Å². The molecule has 0 atom stereocenters. The van der Waals surface area contributed by atoms with E-state index in [2.05, 4.69) is 36.5 Å². The van der Waals surface area contributed by atoms with E-state index in [1.165, 1.54) is 24.8 Å². The van der Waals surface area contributed by atoms with Gasteiger partial charge in [0.2, 0.25) is 5.91 Å². The zero-order valence-corrected chi connectivity index (χ0v) is 12.5. The van der Waals surface area contributed by atoms with Crippen LogP contribution in [-0.4, -0.2) is 12.5 Å². The first kappa shape index (κ1) is 15.0. The maximum Gasteiger partial charge on any atom is 0.226 e. The predicted molar refractivity (Wildman–Crippen MR) is 82.2 cm³/mol. The molecule has 3 heteroatoms. The molecule has 0 unspecified atom stereocenters. The quantitative estimate of drug-likeness (QED) is 0.867. The lowest BCUT2D eigenvalue weighted by Crippen LogP contribution is -2.39. The standard InChI is InChI=1S/C17H26N2O/c1-17(10-3-2-4-11-17)16(20)19-13-15-7-5-14(6-8-15)9-12-18/h5-8H,2-4,9-13,18H2,1H3,(H,19,20). The molecule has 1 saturated carbocycles. The Morgan fingerprint density at radius 3 is 2.35 bits per heavy atom. The van der Waals surface area contributed by atoms with E-state index in [-0.39, 0.29) is 11.3 Å². The molecule has 0 bridgehead atoms. The van der Waals surface area contributed by atoms with Gasteiger partial charge in [0.05, 0.1) is 0 Å². The van der Waals surface area contributed by atoms with Gasteiger partial charge in [-0.25, -0.2) is 0 Å². The summed E-state index contributed by atoms with van der Waals surface area (Å²) in [5, 5.41) is 3.10. The second kappa shape index (κ2) is 6.89. The number of benzene rings is 1. The van der Waals surface area contributed by atoms with E-state index in [1.807, 2.05) is 0 Å². The lowest BCUT2D eigenvalue weighted by Gasteiger charge is -2.32. The van der Waals surface area contributed by atoms with E-state index in [1.54, 1.807) is 0 Å². The first-order chi connectivity index (χ1) is 9.64. The second-order valence-corrected chi connectivity index (χ2v) is 6.16. The maximum atomic E-state index is 12.3. The molecular weight excluding hydrogens is 248 g/mol. The Balaban J connectivity index is 1.86. The molecule has 0 aliphatic heterocycles. The van der Waals surface area contributed by atoms with Crippen LogP contribution in [0.25, 0.3) is 0 Å². The van der Waals surface area contributed by atoms with E-state index in [0.717, 1.165) is 24.8 Å². The van der Waals surface area contributed by atoms with E-state index in [9.17, 15) is 4.79 Å². The highest BCUT2D eigenvalue weighted by molar-refractivity contribution is 5.82. The van der Waals surface area contributed by atoms with Crippen LogP contribution in [-0.2, 0) is 17.8 Å². The molecule has 0 radical (unpaired) electrons. The minimum atomic E-state index is -0.155. The Labute approximate surface area is 121 Å². The number of nitrogens with two attached hydrogens (primary N) is 1. The molecule has 1 amide bonds. The molecule has 3 nitrogen and oxygen atoms in total. The second-order valence-electron chi connectivity index (χ2n) is 6.16. The van der Waals surface area contributed by atoms with Crippen molar-refractivity contribution in [1.29, 1.82) is 0 Å². The molecule has 0 saturated heterocycles. The van der Waals surface area contributed by atoms with Gasteiger partial charge in [-0.3, -0.25) is 4.79 Å². The third kappa shape index (κ3) is 3.83. The molecule has 110 valence electrons. The topological polar surface area (TPSA) is 55.1 Å². The number of hydrogen-bond acceptors (Lipinski definition) is 2. The first-order valence-electron chi connectivity index (χ1n) is 7.70. The van der Waals surface area contributed by atoms with Gasteiger partial charge >= 0.3 is 0 Å². The molecule has 3 N–H and O–H groups in total. The summed E-state index contributed by atoms with van der Waals surface area (Å²) in [6, 6.07) is 8.34. The first-order valence-corrected chi connectivity index (χ1v) is 7.70. The summed E-state index contributed by atoms with van der Waals surface area (Å²) in [5.41, 5.74) is 7.79. The van der Waals surface area contributed by atoms with Crippen LogP contribution >= 0.6 is 0 Å². The fourth-order valence-electron chi connectivity index (χ4n) is 2.95. The molecular formula is C17H26N2O. The van der Waals surface area contributed by atoms with Gasteiger partial charge in [-0.05, 0) is 36.9 Å².